The van der Waals surface area contributed by atoms with Gasteiger partial charge < -0.3 is 5.11 Å². The highest BCUT2D eigenvalue weighted by molar-refractivity contribution is 6.24. The molecular formula is C25H26N2O4. The van der Waals surface area contributed by atoms with Gasteiger partial charge in [-0.05, 0) is 30.0 Å². The Kier molecular flexibility index (Phi) is 5.50. The second-order valence-corrected chi connectivity index (χ2v) is 8.67. The fourth-order valence-corrected chi connectivity index (χ4v) is 4.94. The van der Waals surface area contributed by atoms with E-state index in [1.165, 1.54) is 0 Å². The van der Waals surface area contributed by atoms with Crippen molar-refractivity contribution >= 4 is 29.5 Å². The summed E-state index contributed by atoms with van der Waals surface area (Å²) in [5, 5.41) is 13.4. The van der Waals surface area contributed by atoms with Crippen LogP contribution in [0.15, 0.2) is 66.7 Å². The molecule has 4 atom stereocenters. The van der Waals surface area contributed by atoms with Gasteiger partial charge in [0.05, 0.1) is 17.5 Å². The number of carbonyl (C=O) groups is 3. The molecule has 0 radical (unpaired) electrons. The van der Waals surface area contributed by atoms with Crippen molar-refractivity contribution in [3.05, 3.63) is 72.3 Å². The SMILES string of the molecule is CC(C)CC1(C(=O)O)NC(C=Cc2ccccc2)C2C(=O)N(c3ccccc3)C(=O)C21. The molecule has 6 heteroatoms. The average Bonchev–Trinajstić information content (AvgIpc) is 3.21. The van der Waals surface area contributed by atoms with Crippen LogP contribution < -0.4 is 10.2 Å². The zero-order valence-electron chi connectivity index (χ0n) is 17.6. The predicted octanol–water partition coefficient (Wildman–Crippen LogP) is 3.35. The van der Waals surface area contributed by atoms with Crippen molar-refractivity contribution in [2.24, 2.45) is 17.8 Å². The molecule has 2 aromatic rings. The number of anilines is 1. The Bertz CT molecular complexity index is 1020. The molecule has 4 rings (SSSR count). The monoisotopic (exact) mass is 418 g/mol. The number of rotatable bonds is 6. The van der Waals surface area contributed by atoms with Gasteiger partial charge in [-0.3, -0.25) is 19.7 Å². The lowest BCUT2D eigenvalue weighted by molar-refractivity contribution is -0.149. The van der Waals surface area contributed by atoms with E-state index in [1.54, 1.807) is 24.3 Å². The molecule has 0 spiro atoms. The van der Waals surface area contributed by atoms with E-state index < -0.39 is 35.3 Å². The Labute approximate surface area is 181 Å². The Morgan fingerprint density at radius 1 is 1.06 bits per heavy atom. The minimum absolute atomic E-state index is 0.0229. The summed E-state index contributed by atoms with van der Waals surface area (Å²) >= 11 is 0. The summed E-state index contributed by atoms with van der Waals surface area (Å²) in [6.07, 6.45) is 3.93. The van der Waals surface area contributed by atoms with Gasteiger partial charge in [-0.25, -0.2) is 4.90 Å². The third-order valence-electron chi connectivity index (χ3n) is 6.11. The first-order chi connectivity index (χ1) is 14.8. The second kappa shape index (κ2) is 8.12. The summed E-state index contributed by atoms with van der Waals surface area (Å²) in [6, 6.07) is 17.7. The highest BCUT2D eigenvalue weighted by Gasteiger charge is 2.67. The van der Waals surface area contributed by atoms with Gasteiger partial charge >= 0.3 is 5.97 Å². The first kappa shape index (κ1) is 21.0. The van der Waals surface area contributed by atoms with Gasteiger partial charge in [-0.2, -0.15) is 0 Å². The van der Waals surface area contributed by atoms with Crippen molar-refractivity contribution in [3.8, 4) is 0 Å². The second-order valence-electron chi connectivity index (χ2n) is 8.67. The number of benzene rings is 2. The zero-order valence-corrected chi connectivity index (χ0v) is 17.6. The summed E-state index contributed by atoms with van der Waals surface area (Å²) in [5.74, 6) is -3.62. The molecular weight excluding hydrogens is 392 g/mol. The van der Waals surface area contributed by atoms with Gasteiger partial charge in [0.25, 0.3) is 0 Å². The van der Waals surface area contributed by atoms with Crippen LogP contribution in [-0.4, -0.2) is 34.5 Å². The van der Waals surface area contributed by atoms with Crippen molar-refractivity contribution < 1.29 is 19.5 Å². The van der Waals surface area contributed by atoms with Crippen LogP contribution in [0.3, 0.4) is 0 Å². The summed E-state index contributed by atoms with van der Waals surface area (Å²) in [7, 11) is 0. The van der Waals surface area contributed by atoms with E-state index in [2.05, 4.69) is 5.32 Å². The minimum atomic E-state index is -1.50. The van der Waals surface area contributed by atoms with Crippen LogP contribution in [0.2, 0.25) is 0 Å². The first-order valence-corrected chi connectivity index (χ1v) is 10.5. The Balaban J connectivity index is 1.78. The number of nitrogens with one attached hydrogen (secondary N) is 1. The number of hydrogen-bond donors (Lipinski definition) is 2. The molecule has 160 valence electrons. The molecule has 4 unspecified atom stereocenters. The van der Waals surface area contributed by atoms with Crippen molar-refractivity contribution in [2.75, 3.05) is 4.90 Å². The topological polar surface area (TPSA) is 86.7 Å². The summed E-state index contributed by atoms with van der Waals surface area (Å²) < 4.78 is 0. The molecule has 0 aliphatic carbocycles. The van der Waals surface area contributed by atoms with Gasteiger partial charge in [-0.15, -0.1) is 0 Å². The van der Waals surface area contributed by atoms with E-state index in [0.29, 0.717) is 5.69 Å². The fraction of sp³-hybridized carbons (Fsp3) is 0.320. The van der Waals surface area contributed by atoms with Gasteiger partial charge in [0.15, 0.2) is 0 Å². The maximum Gasteiger partial charge on any atom is 0.324 e. The number of aliphatic carboxylic acids is 1. The fourth-order valence-electron chi connectivity index (χ4n) is 4.94. The van der Waals surface area contributed by atoms with E-state index in [9.17, 15) is 19.5 Å². The van der Waals surface area contributed by atoms with Crippen LogP contribution >= 0.6 is 0 Å². The lowest BCUT2D eigenvalue weighted by Gasteiger charge is -2.32. The minimum Gasteiger partial charge on any atom is -0.480 e. The zero-order chi connectivity index (χ0) is 22.2. The number of para-hydroxylation sites is 1. The van der Waals surface area contributed by atoms with Gasteiger partial charge in [0, 0.05) is 6.04 Å². The third kappa shape index (κ3) is 3.57. The molecule has 2 fully saturated rings. The van der Waals surface area contributed by atoms with Crippen molar-refractivity contribution in [1.29, 1.82) is 0 Å². The number of imide groups is 1. The molecule has 0 bridgehead atoms. The largest absolute Gasteiger partial charge is 0.480 e. The van der Waals surface area contributed by atoms with Crippen molar-refractivity contribution in [2.45, 2.75) is 31.8 Å². The van der Waals surface area contributed by atoms with Crippen molar-refractivity contribution in [3.63, 3.8) is 0 Å². The molecule has 0 saturated carbocycles. The molecule has 2 saturated heterocycles. The number of hydrogen-bond acceptors (Lipinski definition) is 4. The summed E-state index contributed by atoms with van der Waals surface area (Å²) in [4.78, 5) is 40.7. The van der Waals surface area contributed by atoms with Crippen LogP contribution in [-0.2, 0) is 14.4 Å². The quantitative estimate of drug-likeness (QED) is 0.703. The normalized spacial score (nSPS) is 28.0. The number of fused-ring (bicyclic) bond motifs is 1. The van der Waals surface area contributed by atoms with Crippen LogP contribution in [0.25, 0.3) is 6.08 Å². The number of carboxylic acids is 1. The molecule has 2 aliphatic rings. The molecule has 6 nitrogen and oxygen atoms in total. The lowest BCUT2D eigenvalue weighted by atomic mass is 9.75. The van der Waals surface area contributed by atoms with Crippen LogP contribution in [0, 0.1) is 17.8 Å². The standard InChI is InChI=1S/C25H26N2O4/c1-16(2)15-25(24(30)31)21-20(19(26-25)14-13-17-9-5-3-6-10-17)22(28)27(23(21)29)18-11-7-4-8-12-18/h3-14,16,19-21,26H,15H2,1-2H3,(H,30,31). The van der Waals surface area contributed by atoms with Gasteiger partial charge in [-0.1, -0.05) is 74.5 Å². The molecule has 2 N–H and O–H groups in total. The molecule has 31 heavy (non-hydrogen) atoms. The average molecular weight is 418 g/mol. The van der Waals surface area contributed by atoms with Crippen LogP contribution in [0.5, 0.6) is 0 Å². The molecule has 2 aliphatic heterocycles. The summed E-state index contributed by atoms with van der Waals surface area (Å²) in [6.45, 7) is 3.84. The number of carboxylic acid groups (broad SMARTS) is 1. The predicted molar refractivity (Wildman–Crippen MR) is 118 cm³/mol. The van der Waals surface area contributed by atoms with Crippen molar-refractivity contribution in [1.82, 2.24) is 5.32 Å². The van der Waals surface area contributed by atoms with E-state index in [0.717, 1.165) is 10.5 Å². The maximum absolute atomic E-state index is 13.5. The highest BCUT2D eigenvalue weighted by Crippen LogP contribution is 2.47. The number of carbonyl (C=O) groups excluding carboxylic acids is 2. The molecule has 0 aromatic heterocycles. The molecule has 2 amide bonds. The van der Waals surface area contributed by atoms with Crippen LogP contribution in [0.1, 0.15) is 25.8 Å². The number of nitrogens with zero attached hydrogens (tertiary/aromatic N) is 1. The van der Waals surface area contributed by atoms with E-state index >= 15 is 0 Å². The first-order valence-electron chi connectivity index (χ1n) is 10.5. The molecule has 2 heterocycles. The van der Waals surface area contributed by atoms with Crippen LogP contribution in [0.4, 0.5) is 5.69 Å². The Hall–Kier alpha value is -3.25. The van der Waals surface area contributed by atoms with E-state index in [4.69, 9.17) is 0 Å². The summed E-state index contributed by atoms with van der Waals surface area (Å²) in [5.41, 5.74) is -0.0865. The highest BCUT2D eigenvalue weighted by atomic mass is 16.4. The number of amides is 2. The van der Waals surface area contributed by atoms with Gasteiger partial charge in [0.2, 0.25) is 11.8 Å². The Morgan fingerprint density at radius 3 is 2.26 bits per heavy atom. The van der Waals surface area contributed by atoms with E-state index in [1.807, 2.05) is 62.4 Å². The smallest absolute Gasteiger partial charge is 0.324 e. The Morgan fingerprint density at radius 2 is 1.68 bits per heavy atom. The third-order valence-corrected chi connectivity index (χ3v) is 6.11. The van der Waals surface area contributed by atoms with Gasteiger partial charge in [0.1, 0.15) is 5.54 Å². The van der Waals surface area contributed by atoms with E-state index in [-0.39, 0.29) is 18.2 Å². The maximum atomic E-state index is 13.5. The lowest BCUT2D eigenvalue weighted by Crippen LogP contribution is -2.57. The molecule has 2 aromatic carbocycles.